The molecule has 5 heteroatoms. The van der Waals surface area contributed by atoms with Crippen LogP contribution >= 0.6 is 0 Å². The first-order valence-corrected chi connectivity index (χ1v) is 7.93. The number of esters is 1. The van der Waals surface area contributed by atoms with E-state index in [0.717, 1.165) is 18.4 Å². The van der Waals surface area contributed by atoms with Crippen molar-refractivity contribution in [3.63, 3.8) is 0 Å². The quantitative estimate of drug-likeness (QED) is 0.617. The first-order chi connectivity index (χ1) is 11.0. The number of methoxy groups -OCH3 is 2. The molecule has 0 aromatic heterocycles. The molecule has 0 aliphatic heterocycles. The van der Waals surface area contributed by atoms with Crippen molar-refractivity contribution in [2.24, 2.45) is 5.41 Å². The maximum atomic E-state index is 11.8. The number of ether oxygens (including phenoxy) is 2. The molecule has 2 atom stereocenters. The fraction of sp³-hybridized carbons (Fsp3) is 0.556. The minimum Gasteiger partial charge on any atom is -0.481 e. The molecule has 0 heterocycles. The van der Waals surface area contributed by atoms with E-state index in [9.17, 15) is 14.7 Å². The van der Waals surface area contributed by atoms with Gasteiger partial charge in [0.15, 0.2) is 0 Å². The van der Waals surface area contributed by atoms with Crippen LogP contribution in [0.15, 0.2) is 24.3 Å². The fourth-order valence-corrected chi connectivity index (χ4v) is 3.50. The van der Waals surface area contributed by atoms with E-state index in [2.05, 4.69) is 0 Å². The Labute approximate surface area is 136 Å². The molecule has 1 aromatic rings. The lowest BCUT2D eigenvalue weighted by atomic mass is 9.80. The summed E-state index contributed by atoms with van der Waals surface area (Å²) in [6.07, 6.45) is 3.60. The van der Waals surface area contributed by atoms with Crippen molar-refractivity contribution in [1.82, 2.24) is 0 Å². The minimum absolute atomic E-state index is 0.223. The van der Waals surface area contributed by atoms with E-state index in [-0.39, 0.29) is 11.9 Å². The van der Waals surface area contributed by atoms with Gasteiger partial charge in [0.1, 0.15) is 0 Å². The second-order valence-corrected chi connectivity index (χ2v) is 6.24. The standard InChI is InChI=1S/C18H24O5/c1-22-11-3-9-18(17(20)21)10-8-15(12-18)13-4-6-14(7-5-13)16(19)23-2/h4-7,15H,3,8-12H2,1-2H3,(H,20,21)/t15-,18+/m0/s1. The van der Waals surface area contributed by atoms with Crippen LogP contribution in [0.4, 0.5) is 0 Å². The molecule has 0 bridgehead atoms. The zero-order chi connectivity index (χ0) is 16.9. The highest BCUT2D eigenvalue weighted by Gasteiger charge is 2.45. The molecule has 0 saturated heterocycles. The third-order valence-corrected chi connectivity index (χ3v) is 4.87. The lowest BCUT2D eigenvalue weighted by Gasteiger charge is -2.24. The van der Waals surface area contributed by atoms with Gasteiger partial charge in [-0.3, -0.25) is 4.79 Å². The van der Waals surface area contributed by atoms with Gasteiger partial charge >= 0.3 is 11.9 Å². The van der Waals surface area contributed by atoms with Gasteiger partial charge in [0.2, 0.25) is 0 Å². The number of carbonyl (C=O) groups is 2. The van der Waals surface area contributed by atoms with Crippen LogP contribution in [-0.2, 0) is 14.3 Å². The molecule has 23 heavy (non-hydrogen) atoms. The van der Waals surface area contributed by atoms with Crippen LogP contribution < -0.4 is 0 Å². The van der Waals surface area contributed by atoms with Crippen LogP contribution in [0.5, 0.6) is 0 Å². The van der Waals surface area contributed by atoms with Crippen LogP contribution in [0.3, 0.4) is 0 Å². The van der Waals surface area contributed by atoms with Crippen molar-refractivity contribution in [2.75, 3.05) is 20.8 Å². The molecule has 1 aliphatic rings. The summed E-state index contributed by atoms with van der Waals surface area (Å²) in [4.78, 5) is 23.2. The number of hydrogen-bond acceptors (Lipinski definition) is 4. The van der Waals surface area contributed by atoms with Gasteiger partial charge in [-0.15, -0.1) is 0 Å². The van der Waals surface area contributed by atoms with E-state index in [1.54, 1.807) is 19.2 Å². The third-order valence-electron chi connectivity index (χ3n) is 4.87. The van der Waals surface area contributed by atoms with E-state index < -0.39 is 11.4 Å². The van der Waals surface area contributed by atoms with E-state index >= 15 is 0 Å². The van der Waals surface area contributed by atoms with Crippen molar-refractivity contribution in [1.29, 1.82) is 0 Å². The molecule has 0 amide bonds. The Bertz CT molecular complexity index is 551. The fourth-order valence-electron chi connectivity index (χ4n) is 3.50. The average Bonchev–Trinajstić information content (AvgIpc) is 3.00. The average molecular weight is 320 g/mol. The van der Waals surface area contributed by atoms with Gasteiger partial charge < -0.3 is 14.6 Å². The van der Waals surface area contributed by atoms with Crippen LogP contribution in [0.2, 0.25) is 0 Å². The number of carboxylic acids is 1. The highest BCUT2D eigenvalue weighted by molar-refractivity contribution is 5.89. The van der Waals surface area contributed by atoms with Gasteiger partial charge in [-0.25, -0.2) is 4.79 Å². The van der Waals surface area contributed by atoms with Crippen molar-refractivity contribution in [3.8, 4) is 0 Å². The Morgan fingerprint density at radius 3 is 2.52 bits per heavy atom. The topological polar surface area (TPSA) is 72.8 Å². The largest absolute Gasteiger partial charge is 0.481 e. The molecule has 126 valence electrons. The van der Waals surface area contributed by atoms with E-state index in [1.807, 2.05) is 12.1 Å². The highest BCUT2D eigenvalue weighted by Crippen LogP contribution is 2.49. The number of carboxylic acid groups (broad SMARTS) is 1. The monoisotopic (exact) mass is 320 g/mol. The summed E-state index contributed by atoms with van der Waals surface area (Å²) < 4.78 is 9.74. The summed E-state index contributed by atoms with van der Waals surface area (Å²) in [5, 5.41) is 9.67. The van der Waals surface area contributed by atoms with Crippen molar-refractivity contribution < 1.29 is 24.2 Å². The molecule has 0 unspecified atom stereocenters. The Morgan fingerprint density at radius 1 is 1.26 bits per heavy atom. The van der Waals surface area contributed by atoms with Crippen LogP contribution in [0, 0.1) is 5.41 Å². The van der Waals surface area contributed by atoms with Gasteiger partial charge in [0.25, 0.3) is 0 Å². The maximum Gasteiger partial charge on any atom is 0.337 e. The molecular weight excluding hydrogens is 296 g/mol. The summed E-state index contributed by atoms with van der Waals surface area (Å²) in [5.74, 6) is -0.843. The van der Waals surface area contributed by atoms with Gasteiger partial charge in [0, 0.05) is 13.7 Å². The molecule has 1 N–H and O–H groups in total. The number of aliphatic carboxylic acids is 1. The van der Waals surface area contributed by atoms with Crippen molar-refractivity contribution in [3.05, 3.63) is 35.4 Å². The summed E-state index contributed by atoms with van der Waals surface area (Å²) in [6, 6.07) is 7.30. The number of benzene rings is 1. The zero-order valence-corrected chi connectivity index (χ0v) is 13.7. The second kappa shape index (κ2) is 7.59. The highest BCUT2D eigenvalue weighted by atomic mass is 16.5. The molecule has 1 saturated carbocycles. The van der Waals surface area contributed by atoms with E-state index in [4.69, 9.17) is 9.47 Å². The zero-order valence-electron chi connectivity index (χ0n) is 13.7. The molecule has 0 radical (unpaired) electrons. The second-order valence-electron chi connectivity index (χ2n) is 6.24. The predicted octanol–water partition coefficient (Wildman–Crippen LogP) is 3.24. The first-order valence-electron chi connectivity index (χ1n) is 7.93. The number of carbonyl (C=O) groups excluding carboxylic acids is 1. The Kier molecular flexibility index (Phi) is 5.77. The Hall–Kier alpha value is -1.88. The van der Waals surface area contributed by atoms with Gasteiger partial charge in [-0.2, -0.15) is 0 Å². The minimum atomic E-state index is -0.706. The van der Waals surface area contributed by atoms with Crippen LogP contribution in [0.25, 0.3) is 0 Å². The number of hydrogen-bond donors (Lipinski definition) is 1. The van der Waals surface area contributed by atoms with Crippen molar-refractivity contribution >= 4 is 11.9 Å². The molecule has 1 aliphatic carbocycles. The van der Waals surface area contributed by atoms with Gasteiger partial charge in [-0.05, 0) is 55.7 Å². The van der Waals surface area contributed by atoms with Gasteiger partial charge in [-0.1, -0.05) is 12.1 Å². The molecular formula is C18H24O5. The van der Waals surface area contributed by atoms with Gasteiger partial charge in [0.05, 0.1) is 18.1 Å². The molecule has 1 aromatic carbocycles. The molecule has 1 fully saturated rings. The van der Waals surface area contributed by atoms with Crippen molar-refractivity contribution in [2.45, 2.75) is 38.0 Å². The summed E-state index contributed by atoms with van der Waals surface area (Å²) >= 11 is 0. The number of rotatable bonds is 7. The van der Waals surface area contributed by atoms with E-state index in [0.29, 0.717) is 31.4 Å². The van der Waals surface area contributed by atoms with Crippen LogP contribution in [0.1, 0.15) is 53.9 Å². The first kappa shape index (κ1) is 17.5. The lowest BCUT2D eigenvalue weighted by Crippen LogP contribution is -2.28. The molecule has 0 spiro atoms. The third kappa shape index (κ3) is 3.91. The Balaban J connectivity index is 2.07. The Morgan fingerprint density at radius 2 is 1.96 bits per heavy atom. The summed E-state index contributed by atoms with van der Waals surface area (Å²) in [7, 11) is 2.99. The smallest absolute Gasteiger partial charge is 0.337 e. The molecule has 2 rings (SSSR count). The lowest BCUT2D eigenvalue weighted by molar-refractivity contribution is -0.149. The summed E-state index contributed by atoms with van der Waals surface area (Å²) in [5.41, 5.74) is 0.955. The predicted molar refractivity (Wildman–Crippen MR) is 85.6 cm³/mol. The molecule has 5 nitrogen and oxygen atoms in total. The SMILES string of the molecule is COCCC[C@@]1(C(=O)O)CC[C@H](c2ccc(C(=O)OC)cc2)C1. The maximum absolute atomic E-state index is 11.8. The van der Waals surface area contributed by atoms with E-state index in [1.165, 1.54) is 7.11 Å². The normalized spacial score (nSPS) is 23.7. The van der Waals surface area contributed by atoms with Crippen LogP contribution in [-0.4, -0.2) is 37.9 Å². The summed E-state index contributed by atoms with van der Waals surface area (Å²) in [6.45, 7) is 0.591.